The first kappa shape index (κ1) is 19.1. The molecule has 0 spiro atoms. The summed E-state index contributed by atoms with van der Waals surface area (Å²) in [5.74, 6) is 0. The zero-order chi connectivity index (χ0) is 19.2. The van der Waals surface area contributed by atoms with Crippen molar-refractivity contribution in [2.45, 2.75) is 20.4 Å². The molecule has 1 aromatic heterocycles. The first-order chi connectivity index (χ1) is 13.0. The summed E-state index contributed by atoms with van der Waals surface area (Å²) in [6.07, 6.45) is 3.74. The highest BCUT2D eigenvalue weighted by Gasteiger charge is 2.04. The highest BCUT2D eigenvalue weighted by Crippen LogP contribution is 2.18. The van der Waals surface area contributed by atoms with Crippen LogP contribution in [0.25, 0.3) is 0 Å². The molecule has 0 radical (unpaired) electrons. The summed E-state index contributed by atoms with van der Waals surface area (Å²) < 4.78 is 2.08. The smallest absolute Gasteiger partial charge is 0.191 e. The lowest BCUT2D eigenvalue weighted by Gasteiger charge is -2.11. The summed E-state index contributed by atoms with van der Waals surface area (Å²) in [5.41, 5.74) is 8.24. The van der Waals surface area contributed by atoms with Gasteiger partial charge in [-0.3, -0.25) is 5.43 Å². The average Bonchev–Trinajstić information content (AvgIpc) is 3.08. The van der Waals surface area contributed by atoms with Crippen molar-refractivity contribution in [3.05, 3.63) is 88.2 Å². The zero-order valence-electron chi connectivity index (χ0n) is 15.2. The van der Waals surface area contributed by atoms with Gasteiger partial charge in [0, 0.05) is 23.5 Å². The van der Waals surface area contributed by atoms with Crippen molar-refractivity contribution >= 4 is 40.8 Å². The van der Waals surface area contributed by atoms with Crippen LogP contribution in [0.4, 0.5) is 5.69 Å². The van der Waals surface area contributed by atoms with Crippen LogP contribution in [0.2, 0.25) is 5.02 Å². The molecule has 3 aromatic rings. The van der Waals surface area contributed by atoms with E-state index in [0.717, 1.165) is 22.0 Å². The normalized spacial score (nSPS) is 10.9. The van der Waals surface area contributed by atoms with Crippen molar-refractivity contribution in [3.63, 3.8) is 0 Å². The van der Waals surface area contributed by atoms with E-state index < -0.39 is 0 Å². The fourth-order valence-corrected chi connectivity index (χ4v) is 3.05. The minimum atomic E-state index is 0.448. The Morgan fingerprint density at radius 2 is 1.93 bits per heavy atom. The number of benzene rings is 2. The van der Waals surface area contributed by atoms with Gasteiger partial charge in [0.05, 0.1) is 11.9 Å². The van der Waals surface area contributed by atoms with Gasteiger partial charge in [0.2, 0.25) is 0 Å². The van der Waals surface area contributed by atoms with E-state index in [1.165, 1.54) is 11.1 Å². The van der Waals surface area contributed by atoms with Crippen LogP contribution in [0, 0.1) is 13.8 Å². The van der Waals surface area contributed by atoms with Crippen molar-refractivity contribution < 1.29 is 0 Å². The monoisotopic (exact) mass is 396 g/mol. The number of nitrogens with zero attached hydrogens (tertiary/aromatic N) is 2. The lowest BCUT2D eigenvalue weighted by molar-refractivity contribution is 0.799. The molecule has 2 aromatic carbocycles. The Bertz CT molecular complexity index is 978. The van der Waals surface area contributed by atoms with Gasteiger partial charge < -0.3 is 9.88 Å². The molecular weight excluding hydrogens is 376 g/mol. The Morgan fingerprint density at radius 1 is 1.11 bits per heavy atom. The third-order valence-corrected chi connectivity index (χ3v) is 4.94. The molecule has 0 saturated carbocycles. The maximum Gasteiger partial charge on any atom is 0.191 e. The molecule has 0 amide bonds. The van der Waals surface area contributed by atoms with Gasteiger partial charge in [0.15, 0.2) is 5.11 Å². The Labute approximate surface area is 169 Å². The van der Waals surface area contributed by atoms with Crippen LogP contribution in [0.5, 0.6) is 0 Å². The van der Waals surface area contributed by atoms with Crippen LogP contribution in [-0.2, 0) is 6.54 Å². The molecule has 0 saturated heterocycles. The summed E-state index contributed by atoms with van der Waals surface area (Å²) in [7, 11) is 0. The molecule has 1 heterocycles. The van der Waals surface area contributed by atoms with Gasteiger partial charge >= 0.3 is 0 Å². The molecule has 2 N–H and O–H groups in total. The highest BCUT2D eigenvalue weighted by molar-refractivity contribution is 7.80. The van der Waals surface area contributed by atoms with E-state index in [4.69, 9.17) is 23.8 Å². The lowest BCUT2D eigenvalue weighted by Crippen LogP contribution is -2.24. The molecular formula is C21H21ClN4S. The second kappa shape index (κ2) is 8.84. The summed E-state index contributed by atoms with van der Waals surface area (Å²) in [4.78, 5) is 0. The second-order valence-corrected chi connectivity index (χ2v) is 7.04. The van der Waals surface area contributed by atoms with E-state index in [9.17, 15) is 0 Å². The molecule has 27 heavy (non-hydrogen) atoms. The van der Waals surface area contributed by atoms with Gasteiger partial charge in [-0.2, -0.15) is 5.10 Å². The van der Waals surface area contributed by atoms with Gasteiger partial charge in [-0.25, -0.2) is 0 Å². The summed E-state index contributed by atoms with van der Waals surface area (Å²) in [6, 6.07) is 17.9. The summed E-state index contributed by atoms with van der Waals surface area (Å²) in [5, 5.41) is 8.63. The van der Waals surface area contributed by atoms with E-state index in [1.54, 1.807) is 6.21 Å². The second-order valence-electron chi connectivity index (χ2n) is 6.22. The topological polar surface area (TPSA) is 41.4 Å². The van der Waals surface area contributed by atoms with E-state index in [0.29, 0.717) is 11.7 Å². The fraction of sp³-hybridized carbons (Fsp3) is 0.143. The minimum Gasteiger partial charge on any atom is -0.342 e. The number of nitrogens with one attached hydrogen (secondary N) is 2. The predicted molar refractivity (Wildman–Crippen MR) is 118 cm³/mol. The minimum absolute atomic E-state index is 0.448. The highest BCUT2D eigenvalue weighted by atomic mass is 35.5. The quantitative estimate of drug-likeness (QED) is 0.357. The van der Waals surface area contributed by atoms with Crippen molar-refractivity contribution in [2.24, 2.45) is 5.10 Å². The Balaban J connectivity index is 1.62. The molecule has 138 valence electrons. The van der Waals surface area contributed by atoms with E-state index in [2.05, 4.69) is 40.3 Å². The van der Waals surface area contributed by atoms with E-state index in [-0.39, 0.29) is 0 Å². The average molecular weight is 397 g/mol. The number of thiocarbonyl (C=S) groups is 1. The predicted octanol–water partition coefficient (Wildman–Crippen LogP) is 5.13. The zero-order valence-corrected chi connectivity index (χ0v) is 16.8. The maximum absolute atomic E-state index is 6.26. The van der Waals surface area contributed by atoms with Crippen LogP contribution in [-0.4, -0.2) is 15.9 Å². The Kier molecular flexibility index (Phi) is 6.27. The summed E-state index contributed by atoms with van der Waals surface area (Å²) in [6.45, 7) is 4.81. The van der Waals surface area contributed by atoms with Gasteiger partial charge in [-0.05, 0) is 67.0 Å². The van der Waals surface area contributed by atoms with Crippen LogP contribution < -0.4 is 10.7 Å². The molecule has 0 fully saturated rings. The van der Waals surface area contributed by atoms with Crippen molar-refractivity contribution in [3.8, 4) is 0 Å². The third-order valence-electron chi connectivity index (χ3n) is 4.38. The molecule has 0 aliphatic rings. The fourth-order valence-electron chi connectivity index (χ4n) is 2.69. The number of halogens is 1. The molecule has 0 atom stereocenters. The molecule has 3 rings (SSSR count). The molecule has 4 nitrogen and oxygen atoms in total. The number of anilines is 1. The lowest BCUT2D eigenvalue weighted by atomic mass is 10.1. The number of aromatic nitrogens is 1. The van der Waals surface area contributed by atoms with E-state index in [1.807, 2.05) is 54.7 Å². The van der Waals surface area contributed by atoms with Crippen LogP contribution in [0.15, 0.2) is 65.9 Å². The molecule has 0 aliphatic heterocycles. The van der Waals surface area contributed by atoms with Crippen molar-refractivity contribution in [1.29, 1.82) is 0 Å². The van der Waals surface area contributed by atoms with Gasteiger partial charge in [-0.1, -0.05) is 41.9 Å². The number of hydrogen-bond donors (Lipinski definition) is 2. The van der Waals surface area contributed by atoms with Crippen molar-refractivity contribution in [1.82, 2.24) is 9.99 Å². The SMILES string of the molecule is Cc1cccc(NC(=S)NN=Cc2cccn2Cc2ccccc2Cl)c1C. The third kappa shape index (κ3) is 4.96. The largest absolute Gasteiger partial charge is 0.342 e. The van der Waals surface area contributed by atoms with Gasteiger partial charge in [0.25, 0.3) is 0 Å². The first-order valence-corrected chi connectivity index (χ1v) is 9.38. The maximum atomic E-state index is 6.26. The van der Waals surface area contributed by atoms with Crippen LogP contribution >= 0.6 is 23.8 Å². The number of rotatable bonds is 5. The molecule has 0 aliphatic carbocycles. The van der Waals surface area contributed by atoms with Crippen molar-refractivity contribution in [2.75, 3.05) is 5.32 Å². The van der Waals surface area contributed by atoms with Crippen LogP contribution in [0.1, 0.15) is 22.4 Å². The molecule has 0 bridgehead atoms. The Morgan fingerprint density at radius 3 is 2.74 bits per heavy atom. The van der Waals surface area contributed by atoms with Gasteiger partial charge in [0.1, 0.15) is 0 Å². The molecule has 0 unspecified atom stereocenters. The molecule has 6 heteroatoms. The standard InChI is InChI=1S/C21H21ClN4S/c1-15-7-5-11-20(16(15)2)24-21(27)25-23-13-18-9-6-12-26(18)14-17-8-3-4-10-19(17)22/h3-13H,14H2,1-2H3,(H2,24,25,27). The van der Waals surface area contributed by atoms with E-state index >= 15 is 0 Å². The Hall–Kier alpha value is -2.63. The van der Waals surface area contributed by atoms with Crippen LogP contribution in [0.3, 0.4) is 0 Å². The summed E-state index contributed by atoms with van der Waals surface area (Å²) >= 11 is 11.6. The number of aryl methyl sites for hydroxylation is 1. The number of hydrogen-bond acceptors (Lipinski definition) is 2. The first-order valence-electron chi connectivity index (χ1n) is 8.59. The number of hydrazone groups is 1. The van der Waals surface area contributed by atoms with Gasteiger partial charge in [-0.15, -0.1) is 0 Å².